The summed E-state index contributed by atoms with van der Waals surface area (Å²) in [6.07, 6.45) is 4.40. The van der Waals surface area contributed by atoms with Gasteiger partial charge in [-0.25, -0.2) is 0 Å². The van der Waals surface area contributed by atoms with Crippen molar-refractivity contribution in [3.8, 4) is 6.01 Å². The van der Waals surface area contributed by atoms with Gasteiger partial charge >= 0.3 is 6.01 Å². The highest BCUT2D eigenvalue weighted by molar-refractivity contribution is 5.32. The first kappa shape index (κ1) is 13.0. The van der Waals surface area contributed by atoms with E-state index in [0.717, 1.165) is 12.0 Å². The molecule has 19 heavy (non-hydrogen) atoms. The van der Waals surface area contributed by atoms with Gasteiger partial charge in [-0.05, 0) is 25.0 Å². The van der Waals surface area contributed by atoms with Crippen molar-refractivity contribution in [3.63, 3.8) is 0 Å². The van der Waals surface area contributed by atoms with E-state index >= 15 is 0 Å². The smallest absolute Gasteiger partial charge is 0.323 e. The summed E-state index contributed by atoms with van der Waals surface area (Å²) >= 11 is 0. The van der Waals surface area contributed by atoms with E-state index in [1.165, 1.54) is 0 Å². The number of pyridine rings is 1. The Bertz CT molecular complexity index is 519. The van der Waals surface area contributed by atoms with Crippen LogP contribution in [0.4, 0.5) is 11.9 Å². The average Bonchev–Trinajstić information content (AvgIpc) is 2.40. The second kappa shape index (κ2) is 6.48. The third kappa shape index (κ3) is 4.06. The van der Waals surface area contributed by atoms with Gasteiger partial charge in [-0.15, -0.1) is 0 Å². The highest BCUT2D eigenvalue weighted by Crippen LogP contribution is 2.08. The molecule has 0 aliphatic rings. The lowest BCUT2D eigenvalue weighted by molar-refractivity contribution is 0.312. The highest BCUT2D eigenvalue weighted by atomic mass is 16.5. The van der Waals surface area contributed by atoms with Crippen LogP contribution in [0.5, 0.6) is 6.01 Å². The molecular formula is C12H16N6O. The molecular weight excluding hydrogens is 244 g/mol. The van der Waals surface area contributed by atoms with Gasteiger partial charge in [0.2, 0.25) is 11.9 Å². The molecule has 0 spiro atoms. The number of anilines is 2. The summed E-state index contributed by atoms with van der Waals surface area (Å²) in [6, 6.07) is 4.16. The van der Waals surface area contributed by atoms with Crippen LogP contribution in [-0.4, -0.2) is 33.1 Å². The van der Waals surface area contributed by atoms with Gasteiger partial charge in [0, 0.05) is 18.9 Å². The zero-order chi connectivity index (χ0) is 13.5. The van der Waals surface area contributed by atoms with E-state index in [-0.39, 0.29) is 12.0 Å². The maximum Gasteiger partial charge on any atom is 0.323 e. The summed E-state index contributed by atoms with van der Waals surface area (Å²) in [6.45, 7) is 3.02. The fraction of sp³-hybridized carbons (Fsp3) is 0.333. The van der Waals surface area contributed by atoms with Crippen LogP contribution in [0.15, 0.2) is 24.5 Å². The van der Waals surface area contributed by atoms with Crippen LogP contribution in [0.1, 0.15) is 12.5 Å². The molecule has 0 aliphatic heterocycles. The second-order valence-electron chi connectivity index (χ2n) is 3.77. The lowest BCUT2D eigenvalue weighted by Gasteiger charge is -2.07. The van der Waals surface area contributed by atoms with Gasteiger partial charge in [0.05, 0.1) is 6.61 Å². The normalized spacial score (nSPS) is 10.2. The zero-order valence-corrected chi connectivity index (χ0v) is 10.7. The number of nitrogen functional groups attached to an aromatic ring is 1. The standard InChI is InChI=1S/C12H16N6O/c1-2-19-12-17-10(13)16-11(18-12)15-7-5-9-4-3-6-14-8-9/h3-4,6,8H,2,5,7H2,1H3,(H3,13,15,16,17,18). The quantitative estimate of drug-likeness (QED) is 0.796. The molecule has 3 N–H and O–H groups in total. The van der Waals surface area contributed by atoms with Gasteiger partial charge in [-0.1, -0.05) is 6.07 Å². The Labute approximate surface area is 111 Å². The molecule has 2 heterocycles. The van der Waals surface area contributed by atoms with Crippen LogP contribution in [0.2, 0.25) is 0 Å². The average molecular weight is 260 g/mol. The molecule has 2 aromatic heterocycles. The van der Waals surface area contributed by atoms with Crippen molar-refractivity contribution < 1.29 is 4.74 Å². The van der Waals surface area contributed by atoms with E-state index in [1.54, 1.807) is 6.20 Å². The Morgan fingerprint density at radius 2 is 2.21 bits per heavy atom. The second-order valence-corrected chi connectivity index (χ2v) is 3.77. The number of nitrogens with one attached hydrogen (secondary N) is 1. The lowest BCUT2D eigenvalue weighted by atomic mass is 10.2. The summed E-state index contributed by atoms with van der Waals surface area (Å²) < 4.78 is 5.20. The minimum absolute atomic E-state index is 0.141. The maximum atomic E-state index is 5.58. The topological polar surface area (TPSA) is 98.8 Å². The van der Waals surface area contributed by atoms with Crippen molar-refractivity contribution in [1.29, 1.82) is 0 Å². The molecule has 0 bridgehead atoms. The summed E-state index contributed by atoms with van der Waals surface area (Å²) in [7, 11) is 0. The van der Waals surface area contributed by atoms with Crippen molar-refractivity contribution in [2.45, 2.75) is 13.3 Å². The van der Waals surface area contributed by atoms with E-state index < -0.39 is 0 Å². The van der Waals surface area contributed by atoms with E-state index in [2.05, 4.69) is 25.3 Å². The molecule has 2 aromatic rings. The summed E-state index contributed by atoms with van der Waals surface area (Å²) in [5, 5.41) is 3.08. The largest absolute Gasteiger partial charge is 0.464 e. The number of aromatic nitrogens is 4. The first-order valence-corrected chi connectivity index (χ1v) is 6.05. The monoisotopic (exact) mass is 260 g/mol. The first-order valence-electron chi connectivity index (χ1n) is 6.05. The zero-order valence-electron chi connectivity index (χ0n) is 10.7. The number of ether oxygens (including phenoxy) is 1. The Morgan fingerprint density at radius 1 is 1.32 bits per heavy atom. The van der Waals surface area contributed by atoms with Crippen LogP contribution < -0.4 is 15.8 Å². The van der Waals surface area contributed by atoms with E-state index in [0.29, 0.717) is 19.1 Å². The fourth-order valence-corrected chi connectivity index (χ4v) is 1.51. The lowest BCUT2D eigenvalue weighted by Crippen LogP contribution is -2.11. The molecule has 100 valence electrons. The molecule has 0 saturated carbocycles. The van der Waals surface area contributed by atoms with Gasteiger partial charge in [0.25, 0.3) is 0 Å². The van der Waals surface area contributed by atoms with Gasteiger partial charge in [0.15, 0.2) is 0 Å². The van der Waals surface area contributed by atoms with Crippen LogP contribution in [0.3, 0.4) is 0 Å². The molecule has 0 unspecified atom stereocenters. The molecule has 0 saturated heterocycles. The van der Waals surface area contributed by atoms with E-state index in [1.807, 2.05) is 25.3 Å². The van der Waals surface area contributed by atoms with Crippen molar-refractivity contribution >= 4 is 11.9 Å². The van der Waals surface area contributed by atoms with Crippen LogP contribution in [-0.2, 0) is 6.42 Å². The van der Waals surface area contributed by atoms with Crippen molar-refractivity contribution in [2.75, 3.05) is 24.2 Å². The summed E-state index contributed by atoms with van der Waals surface area (Å²) in [5.41, 5.74) is 6.72. The minimum Gasteiger partial charge on any atom is -0.464 e. The fourth-order valence-electron chi connectivity index (χ4n) is 1.51. The molecule has 0 amide bonds. The van der Waals surface area contributed by atoms with E-state index in [9.17, 15) is 0 Å². The van der Waals surface area contributed by atoms with Crippen LogP contribution in [0, 0.1) is 0 Å². The number of hydrogen-bond donors (Lipinski definition) is 2. The molecule has 2 rings (SSSR count). The highest BCUT2D eigenvalue weighted by Gasteiger charge is 2.04. The summed E-state index contributed by atoms with van der Waals surface area (Å²) in [4.78, 5) is 16.0. The molecule has 0 fully saturated rings. The number of rotatable bonds is 6. The Kier molecular flexibility index (Phi) is 4.44. The van der Waals surface area contributed by atoms with Gasteiger partial charge in [0.1, 0.15) is 0 Å². The third-order valence-electron chi connectivity index (χ3n) is 2.33. The first-order chi connectivity index (χ1) is 9.28. The van der Waals surface area contributed by atoms with E-state index in [4.69, 9.17) is 10.5 Å². The predicted molar refractivity (Wildman–Crippen MR) is 71.8 cm³/mol. The van der Waals surface area contributed by atoms with Crippen molar-refractivity contribution in [2.24, 2.45) is 0 Å². The number of nitrogens with two attached hydrogens (primary N) is 1. The Hall–Kier alpha value is -2.44. The SMILES string of the molecule is CCOc1nc(N)nc(NCCc2cccnc2)n1. The van der Waals surface area contributed by atoms with Gasteiger partial charge in [-0.3, -0.25) is 4.98 Å². The van der Waals surface area contributed by atoms with Gasteiger partial charge in [-0.2, -0.15) is 15.0 Å². The molecule has 0 atom stereocenters. The summed E-state index contributed by atoms with van der Waals surface area (Å²) in [5.74, 6) is 0.558. The maximum absolute atomic E-state index is 5.58. The van der Waals surface area contributed by atoms with Crippen LogP contribution in [0.25, 0.3) is 0 Å². The minimum atomic E-state index is 0.141. The molecule has 7 nitrogen and oxygen atoms in total. The molecule has 7 heteroatoms. The number of nitrogens with zero attached hydrogens (tertiary/aromatic N) is 4. The predicted octanol–water partition coefficient (Wildman–Crippen LogP) is 0.902. The van der Waals surface area contributed by atoms with Gasteiger partial charge < -0.3 is 15.8 Å². The Morgan fingerprint density at radius 3 is 2.95 bits per heavy atom. The van der Waals surface area contributed by atoms with Crippen molar-refractivity contribution in [3.05, 3.63) is 30.1 Å². The molecule has 0 radical (unpaired) electrons. The van der Waals surface area contributed by atoms with Crippen LogP contribution >= 0.6 is 0 Å². The molecule has 0 aliphatic carbocycles. The third-order valence-corrected chi connectivity index (χ3v) is 2.33. The number of hydrogen-bond acceptors (Lipinski definition) is 7. The Balaban J connectivity index is 1.92. The molecule has 0 aromatic carbocycles. The van der Waals surface area contributed by atoms with Crippen molar-refractivity contribution in [1.82, 2.24) is 19.9 Å².